The maximum Gasteiger partial charge on any atom is 0.238 e. The van der Waals surface area contributed by atoms with Crippen molar-refractivity contribution in [2.45, 2.75) is 32.6 Å². The summed E-state index contributed by atoms with van der Waals surface area (Å²) in [4.78, 5) is 11.8. The minimum Gasteiger partial charge on any atom is -0.486 e. The molecule has 1 aromatic carbocycles. The van der Waals surface area contributed by atoms with Crippen LogP contribution in [0.25, 0.3) is 0 Å². The topological polar surface area (TPSA) is 59.6 Å². The molecule has 0 radical (unpaired) electrons. The van der Waals surface area contributed by atoms with Crippen molar-refractivity contribution in [3.8, 4) is 11.5 Å². The number of ether oxygens (including phenoxy) is 2. The Morgan fingerprint density at radius 1 is 1.14 bits per heavy atom. The van der Waals surface area contributed by atoms with E-state index in [-0.39, 0.29) is 5.91 Å². The molecular weight excluding hydrogens is 268 g/mol. The molecule has 0 saturated heterocycles. The molecule has 0 fully saturated rings. The second-order valence-corrected chi connectivity index (χ2v) is 5.14. The number of fused-ring (bicyclic) bond motifs is 1. The Kier molecular flexibility index (Phi) is 6.34. The number of anilines is 1. The SMILES string of the molecule is CCCCCCNCC(=O)Nc1ccc2c(c1)OCCO2. The van der Waals surface area contributed by atoms with Gasteiger partial charge in [0, 0.05) is 11.8 Å². The van der Waals surface area contributed by atoms with E-state index in [1.54, 1.807) is 6.07 Å². The minimum absolute atomic E-state index is 0.0397. The van der Waals surface area contributed by atoms with Crippen LogP contribution < -0.4 is 20.1 Å². The van der Waals surface area contributed by atoms with Crippen LogP contribution in [-0.2, 0) is 4.79 Å². The summed E-state index contributed by atoms with van der Waals surface area (Å²) in [5.41, 5.74) is 0.733. The Morgan fingerprint density at radius 3 is 2.76 bits per heavy atom. The van der Waals surface area contributed by atoms with Gasteiger partial charge in [-0.3, -0.25) is 4.79 Å². The normalized spacial score (nSPS) is 13.0. The van der Waals surface area contributed by atoms with Gasteiger partial charge in [0.1, 0.15) is 13.2 Å². The molecule has 1 aliphatic rings. The summed E-state index contributed by atoms with van der Waals surface area (Å²) in [6.45, 7) is 4.52. The molecule has 116 valence electrons. The number of unbranched alkanes of at least 4 members (excludes halogenated alkanes) is 3. The van der Waals surface area contributed by atoms with E-state index in [4.69, 9.17) is 9.47 Å². The fourth-order valence-corrected chi connectivity index (χ4v) is 2.20. The maximum absolute atomic E-state index is 11.8. The predicted molar refractivity (Wildman–Crippen MR) is 83.1 cm³/mol. The number of carbonyl (C=O) groups is 1. The minimum atomic E-state index is -0.0397. The number of rotatable bonds is 8. The third kappa shape index (κ3) is 5.27. The van der Waals surface area contributed by atoms with Crippen molar-refractivity contribution in [2.75, 3.05) is 31.6 Å². The number of benzene rings is 1. The molecule has 5 nitrogen and oxygen atoms in total. The number of carbonyl (C=O) groups excluding carboxylic acids is 1. The molecule has 1 aromatic rings. The number of hydrogen-bond acceptors (Lipinski definition) is 4. The van der Waals surface area contributed by atoms with Gasteiger partial charge in [-0.15, -0.1) is 0 Å². The van der Waals surface area contributed by atoms with E-state index in [0.29, 0.717) is 25.5 Å². The first-order valence-corrected chi connectivity index (χ1v) is 7.70. The number of hydrogen-bond donors (Lipinski definition) is 2. The van der Waals surface area contributed by atoms with E-state index >= 15 is 0 Å². The van der Waals surface area contributed by atoms with Gasteiger partial charge in [0.15, 0.2) is 11.5 Å². The van der Waals surface area contributed by atoms with E-state index < -0.39 is 0 Å². The average molecular weight is 292 g/mol. The zero-order valence-corrected chi connectivity index (χ0v) is 12.6. The van der Waals surface area contributed by atoms with Gasteiger partial charge in [-0.05, 0) is 25.1 Å². The van der Waals surface area contributed by atoms with Gasteiger partial charge in [0.25, 0.3) is 0 Å². The first-order valence-electron chi connectivity index (χ1n) is 7.70. The van der Waals surface area contributed by atoms with E-state index in [2.05, 4.69) is 17.6 Å². The predicted octanol–water partition coefficient (Wildman–Crippen LogP) is 2.57. The molecule has 2 rings (SSSR count). The van der Waals surface area contributed by atoms with E-state index in [1.807, 2.05) is 12.1 Å². The van der Waals surface area contributed by atoms with Crippen LogP contribution in [0, 0.1) is 0 Å². The Balaban J connectivity index is 1.70. The first kappa shape index (κ1) is 15.6. The summed E-state index contributed by atoms with van der Waals surface area (Å²) in [7, 11) is 0. The van der Waals surface area contributed by atoms with Crippen LogP contribution in [0.5, 0.6) is 11.5 Å². The summed E-state index contributed by atoms with van der Waals surface area (Å²) in [6.07, 6.45) is 4.81. The van der Waals surface area contributed by atoms with E-state index in [1.165, 1.54) is 19.3 Å². The lowest BCUT2D eigenvalue weighted by atomic mass is 10.2. The van der Waals surface area contributed by atoms with Crippen molar-refractivity contribution in [3.63, 3.8) is 0 Å². The monoisotopic (exact) mass is 292 g/mol. The molecule has 0 atom stereocenters. The zero-order chi connectivity index (χ0) is 14.9. The molecule has 0 aliphatic carbocycles. The largest absolute Gasteiger partial charge is 0.486 e. The van der Waals surface area contributed by atoms with Gasteiger partial charge < -0.3 is 20.1 Å². The zero-order valence-electron chi connectivity index (χ0n) is 12.6. The van der Waals surface area contributed by atoms with Gasteiger partial charge >= 0.3 is 0 Å². The lowest BCUT2D eigenvalue weighted by Gasteiger charge is -2.19. The van der Waals surface area contributed by atoms with Crippen LogP contribution in [0.3, 0.4) is 0 Å². The maximum atomic E-state index is 11.8. The number of nitrogens with one attached hydrogen (secondary N) is 2. The van der Waals surface area contributed by atoms with Crippen molar-refractivity contribution in [1.82, 2.24) is 5.32 Å². The molecule has 0 saturated carbocycles. The van der Waals surface area contributed by atoms with E-state index in [0.717, 1.165) is 24.4 Å². The standard InChI is InChI=1S/C16H24N2O3/c1-2-3-4-5-8-17-12-16(19)18-13-6-7-14-15(11-13)21-10-9-20-14/h6-7,11,17H,2-5,8-10,12H2,1H3,(H,18,19). The van der Waals surface area contributed by atoms with Crippen molar-refractivity contribution < 1.29 is 14.3 Å². The lowest BCUT2D eigenvalue weighted by molar-refractivity contribution is -0.115. The molecular formula is C16H24N2O3. The van der Waals surface area contributed by atoms with Crippen molar-refractivity contribution in [1.29, 1.82) is 0 Å². The Hall–Kier alpha value is -1.75. The number of amides is 1. The van der Waals surface area contributed by atoms with Crippen molar-refractivity contribution in [3.05, 3.63) is 18.2 Å². The van der Waals surface area contributed by atoms with Gasteiger partial charge in [-0.2, -0.15) is 0 Å². The molecule has 5 heteroatoms. The molecule has 0 unspecified atom stereocenters. The van der Waals surface area contributed by atoms with Crippen LogP contribution in [0.2, 0.25) is 0 Å². The third-order valence-electron chi connectivity index (χ3n) is 3.32. The second kappa shape index (κ2) is 8.52. The van der Waals surface area contributed by atoms with Gasteiger partial charge in [0.05, 0.1) is 6.54 Å². The molecule has 2 N–H and O–H groups in total. The fourth-order valence-electron chi connectivity index (χ4n) is 2.20. The molecule has 0 aromatic heterocycles. The Bertz CT molecular complexity index is 463. The van der Waals surface area contributed by atoms with Crippen molar-refractivity contribution >= 4 is 11.6 Å². The third-order valence-corrected chi connectivity index (χ3v) is 3.32. The Morgan fingerprint density at radius 2 is 1.95 bits per heavy atom. The molecule has 1 heterocycles. The molecule has 21 heavy (non-hydrogen) atoms. The highest BCUT2D eigenvalue weighted by Gasteiger charge is 2.12. The molecule has 0 bridgehead atoms. The average Bonchev–Trinajstić information content (AvgIpc) is 2.50. The smallest absolute Gasteiger partial charge is 0.238 e. The summed E-state index contributed by atoms with van der Waals surface area (Å²) < 4.78 is 10.9. The molecule has 0 spiro atoms. The lowest BCUT2D eigenvalue weighted by Crippen LogP contribution is -2.28. The van der Waals surface area contributed by atoms with Crippen LogP contribution in [0.4, 0.5) is 5.69 Å². The van der Waals surface area contributed by atoms with Crippen LogP contribution in [-0.4, -0.2) is 32.2 Å². The van der Waals surface area contributed by atoms with Crippen LogP contribution in [0.15, 0.2) is 18.2 Å². The molecule has 1 amide bonds. The highest BCUT2D eigenvalue weighted by Crippen LogP contribution is 2.32. The summed E-state index contributed by atoms with van der Waals surface area (Å²) in [5, 5.41) is 6.02. The van der Waals surface area contributed by atoms with E-state index in [9.17, 15) is 4.79 Å². The molecule has 1 aliphatic heterocycles. The summed E-state index contributed by atoms with van der Waals surface area (Å²) >= 11 is 0. The van der Waals surface area contributed by atoms with Crippen molar-refractivity contribution in [2.24, 2.45) is 0 Å². The summed E-state index contributed by atoms with van der Waals surface area (Å²) in [5.74, 6) is 1.38. The van der Waals surface area contributed by atoms with Gasteiger partial charge in [-0.1, -0.05) is 26.2 Å². The first-order chi connectivity index (χ1) is 10.3. The highest BCUT2D eigenvalue weighted by molar-refractivity contribution is 5.92. The Labute approximate surface area is 126 Å². The van der Waals surface area contributed by atoms with Crippen LogP contribution in [0.1, 0.15) is 32.6 Å². The van der Waals surface area contributed by atoms with Gasteiger partial charge in [-0.25, -0.2) is 0 Å². The summed E-state index contributed by atoms with van der Waals surface area (Å²) in [6, 6.07) is 5.45. The quantitative estimate of drug-likeness (QED) is 0.723. The highest BCUT2D eigenvalue weighted by atomic mass is 16.6. The van der Waals surface area contributed by atoms with Gasteiger partial charge in [0.2, 0.25) is 5.91 Å². The fraction of sp³-hybridized carbons (Fsp3) is 0.562. The van der Waals surface area contributed by atoms with Crippen LogP contribution >= 0.6 is 0 Å². The second-order valence-electron chi connectivity index (χ2n) is 5.14.